The zero-order valence-electron chi connectivity index (χ0n) is 14.9. The van der Waals surface area contributed by atoms with E-state index in [0.29, 0.717) is 24.2 Å². The predicted octanol–water partition coefficient (Wildman–Crippen LogP) is 3.88. The van der Waals surface area contributed by atoms with E-state index in [1.807, 2.05) is 6.08 Å². The van der Waals surface area contributed by atoms with Crippen LogP contribution >= 0.6 is 0 Å². The van der Waals surface area contributed by atoms with Gasteiger partial charge in [0.25, 0.3) is 0 Å². The number of nitrogens with zero attached hydrogens (tertiary/aromatic N) is 1. The zero-order chi connectivity index (χ0) is 17.1. The first-order chi connectivity index (χ1) is 11.4. The van der Waals surface area contributed by atoms with Gasteiger partial charge in [0.1, 0.15) is 0 Å². The molecule has 0 amide bonds. The molecule has 4 rings (SSSR count). The highest BCUT2D eigenvalue weighted by Gasteiger charge is 2.60. The third-order valence-corrected chi connectivity index (χ3v) is 8.49. The van der Waals surface area contributed by atoms with Gasteiger partial charge in [-0.25, -0.2) is 0 Å². The summed E-state index contributed by atoms with van der Waals surface area (Å²) in [5, 5.41) is 19.6. The van der Waals surface area contributed by atoms with Crippen molar-refractivity contribution in [3.05, 3.63) is 11.6 Å². The van der Waals surface area contributed by atoms with Crippen molar-refractivity contribution in [1.82, 2.24) is 0 Å². The molecule has 3 saturated carbocycles. The van der Waals surface area contributed by atoms with E-state index in [1.165, 1.54) is 18.4 Å². The predicted molar refractivity (Wildman–Crippen MR) is 91.8 cm³/mol. The molecule has 0 heterocycles. The molecule has 3 fully saturated rings. The second kappa shape index (κ2) is 5.43. The molecule has 0 bridgehead atoms. The van der Waals surface area contributed by atoms with E-state index in [4.69, 9.17) is 0 Å². The molecular weight excluding hydrogens is 298 g/mol. The second-order valence-corrected chi connectivity index (χ2v) is 9.28. The molecule has 0 aromatic heterocycles. The smallest absolute Gasteiger partial charge is 0.155 e. The van der Waals surface area contributed by atoms with E-state index in [1.54, 1.807) is 0 Å². The lowest BCUT2D eigenvalue weighted by Crippen LogP contribution is -2.53. The van der Waals surface area contributed by atoms with E-state index < -0.39 is 0 Å². The Morgan fingerprint density at radius 3 is 2.75 bits per heavy atom. The van der Waals surface area contributed by atoms with Gasteiger partial charge < -0.3 is 5.11 Å². The minimum absolute atomic E-state index is 0.0796. The maximum atomic E-state index is 12.0. The van der Waals surface area contributed by atoms with Gasteiger partial charge in [-0.05, 0) is 73.2 Å². The first kappa shape index (κ1) is 16.3. The number of ketones is 1. The third-order valence-electron chi connectivity index (χ3n) is 8.49. The number of aliphatic hydroxyl groups is 1. The Labute approximate surface area is 145 Å². The van der Waals surface area contributed by atoms with Crippen LogP contribution in [0.5, 0.6) is 0 Å². The van der Waals surface area contributed by atoms with Crippen molar-refractivity contribution in [2.24, 2.45) is 40.4 Å². The third kappa shape index (κ3) is 2.02. The van der Waals surface area contributed by atoms with Crippen LogP contribution in [-0.4, -0.2) is 17.5 Å². The summed E-state index contributed by atoms with van der Waals surface area (Å²) in [7, 11) is 0. The number of carbonyl (C=O) groups is 1. The van der Waals surface area contributed by atoms with Crippen molar-refractivity contribution < 1.29 is 9.90 Å². The van der Waals surface area contributed by atoms with Gasteiger partial charge in [-0.3, -0.25) is 4.79 Å². The van der Waals surface area contributed by atoms with Crippen LogP contribution in [0.3, 0.4) is 0 Å². The molecule has 0 aromatic rings. The van der Waals surface area contributed by atoms with E-state index in [0.717, 1.165) is 25.7 Å². The summed E-state index contributed by atoms with van der Waals surface area (Å²) in [5.41, 5.74) is 1.48. The van der Waals surface area contributed by atoms with Gasteiger partial charge in [-0.1, -0.05) is 19.4 Å². The van der Waals surface area contributed by atoms with Crippen LogP contribution in [0.1, 0.15) is 58.8 Å². The molecule has 4 aliphatic carbocycles. The zero-order valence-corrected chi connectivity index (χ0v) is 14.9. The first-order valence-corrected chi connectivity index (χ1v) is 9.69. The monoisotopic (exact) mass is 327 g/mol. The molecule has 0 aromatic carbocycles. The largest absolute Gasteiger partial charge is 0.396 e. The van der Waals surface area contributed by atoms with Crippen LogP contribution in [-0.2, 0) is 4.79 Å². The molecule has 0 saturated heterocycles. The summed E-state index contributed by atoms with van der Waals surface area (Å²) in [6.45, 7) is 4.86. The average Bonchev–Trinajstić information content (AvgIpc) is 2.91. The Morgan fingerprint density at radius 1 is 1.25 bits per heavy atom. The van der Waals surface area contributed by atoms with Crippen LogP contribution in [0.2, 0.25) is 0 Å². The summed E-state index contributed by atoms with van der Waals surface area (Å²) >= 11 is 0. The normalized spacial score (nSPS) is 50.3. The van der Waals surface area contributed by atoms with Crippen LogP contribution in [0, 0.1) is 51.8 Å². The lowest BCUT2D eigenvalue weighted by molar-refractivity contribution is -0.118. The quantitative estimate of drug-likeness (QED) is 0.795. The highest BCUT2D eigenvalue weighted by atomic mass is 16.3. The minimum Gasteiger partial charge on any atom is -0.396 e. The van der Waals surface area contributed by atoms with Crippen molar-refractivity contribution >= 4 is 5.78 Å². The highest BCUT2D eigenvalue weighted by molar-refractivity contribution is 5.91. The van der Waals surface area contributed by atoms with Gasteiger partial charge in [0.05, 0.1) is 12.0 Å². The van der Waals surface area contributed by atoms with Crippen molar-refractivity contribution in [1.29, 1.82) is 5.26 Å². The Bertz CT molecular complexity index is 632. The van der Waals surface area contributed by atoms with Gasteiger partial charge in [-0.15, -0.1) is 0 Å². The fraction of sp³-hybridized carbons (Fsp3) is 0.810. The number of fused-ring (bicyclic) bond motifs is 5. The molecular formula is C21H29NO2. The van der Waals surface area contributed by atoms with Gasteiger partial charge in [-0.2, -0.15) is 5.26 Å². The maximum absolute atomic E-state index is 12.0. The first-order valence-electron chi connectivity index (χ1n) is 9.69. The molecule has 130 valence electrons. The molecule has 3 heteroatoms. The number of carbonyl (C=O) groups excluding carboxylic acids is 1. The molecule has 24 heavy (non-hydrogen) atoms. The summed E-state index contributed by atoms with van der Waals surface area (Å²) in [6, 6.07) is 2.59. The van der Waals surface area contributed by atoms with E-state index in [2.05, 4.69) is 19.9 Å². The van der Waals surface area contributed by atoms with Crippen LogP contribution < -0.4 is 0 Å². The van der Waals surface area contributed by atoms with Gasteiger partial charge >= 0.3 is 0 Å². The summed E-state index contributed by atoms with van der Waals surface area (Å²) in [6.07, 6.45) is 9.03. The Morgan fingerprint density at radius 2 is 2.04 bits per heavy atom. The van der Waals surface area contributed by atoms with Crippen LogP contribution in [0.15, 0.2) is 11.6 Å². The molecule has 3 nitrogen and oxygen atoms in total. The number of rotatable bonds is 1. The van der Waals surface area contributed by atoms with E-state index in [-0.39, 0.29) is 35.1 Å². The van der Waals surface area contributed by atoms with Gasteiger partial charge in [0.15, 0.2) is 5.78 Å². The Balaban J connectivity index is 1.74. The lowest BCUT2D eigenvalue weighted by atomic mass is 9.45. The number of nitriles is 1. The van der Waals surface area contributed by atoms with Crippen LogP contribution in [0.4, 0.5) is 0 Å². The number of hydrogen-bond acceptors (Lipinski definition) is 3. The van der Waals surface area contributed by atoms with Gasteiger partial charge in [0.2, 0.25) is 0 Å². The summed E-state index contributed by atoms with van der Waals surface area (Å²) in [4.78, 5) is 12.0. The average molecular weight is 327 g/mol. The molecule has 7 unspecified atom stereocenters. The van der Waals surface area contributed by atoms with E-state index >= 15 is 0 Å². The molecule has 0 radical (unpaired) electrons. The second-order valence-electron chi connectivity index (χ2n) is 9.28. The van der Waals surface area contributed by atoms with Crippen molar-refractivity contribution in [3.63, 3.8) is 0 Å². The SMILES string of the molecule is CC12CCC(=O)C=C1C(CO)CC1C2CCC2(C)C(C#N)CCC12. The number of aliphatic hydroxyl groups excluding tert-OH is 1. The lowest BCUT2D eigenvalue weighted by Gasteiger charge is -2.59. The maximum Gasteiger partial charge on any atom is 0.155 e. The van der Waals surface area contributed by atoms with Crippen molar-refractivity contribution in [3.8, 4) is 6.07 Å². The molecule has 1 N–H and O–H groups in total. The topological polar surface area (TPSA) is 61.1 Å². The fourth-order valence-electron chi connectivity index (χ4n) is 7.17. The molecule has 7 atom stereocenters. The standard InChI is InChI=1S/C21H29NO2/c1-20-8-6-18-16(17(20)4-3-14(20)11-22)9-13(12-23)19-10-15(24)5-7-21(18,19)2/h10,13-14,16-18,23H,3-9,12H2,1-2H3. The summed E-state index contributed by atoms with van der Waals surface area (Å²) < 4.78 is 0. The molecule has 0 aliphatic heterocycles. The Hall–Kier alpha value is -1.14. The van der Waals surface area contributed by atoms with E-state index in [9.17, 15) is 15.2 Å². The minimum atomic E-state index is 0.0796. The van der Waals surface area contributed by atoms with Crippen molar-refractivity contribution in [2.75, 3.05) is 6.61 Å². The summed E-state index contributed by atoms with van der Waals surface area (Å²) in [5.74, 6) is 2.43. The van der Waals surface area contributed by atoms with Crippen LogP contribution in [0.25, 0.3) is 0 Å². The van der Waals surface area contributed by atoms with Crippen molar-refractivity contribution in [2.45, 2.75) is 58.8 Å². The Kier molecular flexibility index (Phi) is 3.69. The molecule has 4 aliphatic rings. The number of hydrogen-bond donors (Lipinski definition) is 1. The molecule has 0 spiro atoms. The van der Waals surface area contributed by atoms with Gasteiger partial charge in [0, 0.05) is 18.9 Å². The highest BCUT2D eigenvalue weighted by Crippen LogP contribution is 2.67. The fourth-order valence-corrected chi connectivity index (χ4v) is 7.17.